The van der Waals surface area contributed by atoms with Crippen molar-refractivity contribution >= 4 is 27.0 Å². The molecule has 0 aliphatic rings. The van der Waals surface area contributed by atoms with Crippen LogP contribution < -0.4 is 5.32 Å². The van der Waals surface area contributed by atoms with E-state index in [2.05, 4.69) is 55.9 Å². The van der Waals surface area contributed by atoms with Crippen LogP contribution in [-0.2, 0) is 13.1 Å². The smallest absolute Gasteiger partial charge is 0.123 e. The molecule has 1 aromatic heterocycles. The Kier molecular flexibility index (Phi) is 3.61. The zero-order valence-corrected chi connectivity index (χ0v) is 11.2. The van der Waals surface area contributed by atoms with Gasteiger partial charge in [0, 0.05) is 11.0 Å². The summed E-state index contributed by atoms with van der Waals surface area (Å²) in [7, 11) is 1.95. The number of nitrogens with one attached hydrogen (secondary N) is 1. The summed E-state index contributed by atoms with van der Waals surface area (Å²) in [6, 6.07) is 6.27. The van der Waals surface area contributed by atoms with E-state index >= 15 is 0 Å². The largest absolute Gasteiger partial charge is 0.327 e. The highest BCUT2D eigenvalue weighted by Gasteiger charge is 2.09. The van der Waals surface area contributed by atoms with Crippen molar-refractivity contribution < 1.29 is 0 Å². The predicted octanol–water partition coefficient (Wildman–Crippen LogP) is 2.93. The third kappa shape index (κ3) is 2.13. The fourth-order valence-corrected chi connectivity index (χ4v) is 2.27. The maximum Gasteiger partial charge on any atom is 0.123 e. The van der Waals surface area contributed by atoms with Gasteiger partial charge in [0.05, 0.1) is 17.6 Å². The van der Waals surface area contributed by atoms with Crippen molar-refractivity contribution in [3.05, 3.63) is 28.5 Å². The van der Waals surface area contributed by atoms with Crippen LogP contribution in [0.15, 0.2) is 22.7 Å². The number of halogens is 1. The molecular weight excluding hydrogens is 266 g/mol. The van der Waals surface area contributed by atoms with Crippen molar-refractivity contribution in [1.29, 1.82) is 0 Å². The second-order valence-electron chi connectivity index (χ2n) is 3.84. The summed E-state index contributed by atoms with van der Waals surface area (Å²) in [4.78, 5) is 4.65. The third-order valence-electron chi connectivity index (χ3n) is 2.57. The normalized spacial score (nSPS) is 11.2. The summed E-state index contributed by atoms with van der Waals surface area (Å²) in [6.45, 7) is 4.02. The van der Waals surface area contributed by atoms with E-state index in [0.717, 1.165) is 35.3 Å². The van der Waals surface area contributed by atoms with Gasteiger partial charge in [-0.25, -0.2) is 4.98 Å². The lowest BCUT2D eigenvalue weighted by molar-refractivity contribution is 0.629. The number of hydrogen-bond donors (Lipinski definition) is 1. The van der Waals surface area contributed by atoms with Crippen LogP contribution in [0.3, 0.4) is 0 Å². The molecule has 0 bridgehead atoms. The molecular formula is C12H16BrN3. The molecule has 0 spiro atoms. The highest BCUT2D eigenvalue weighted by atomic mass is 79.9. The van der Waals surface area contributed by atoms with E-state index in [1.165, 1.54) is 5.52 Å². The zero-order chi connectivity index (χ0) is 11.5. The maximum atomic E-state index is 4.65. The van der Waals surface area contributed by atoms with Gasteiger partial charge in [0.25, 0.3) is 0 Å². The van der Waals surface area contributed by atoms with Crippen LogP contribution in [0, 0.1) is 0 Å². The number of aryl methyl sites for hydroxylation is 1. The Labute approximate surface area is 104 Å². The monoisotopic (exact) mass is 281 g/mol. The van der Waals surface area contributed by atoms with Gasteiger partial charge < -0.3 is 9.88 Å². The zero-order valence-electron chi connectivity index (χ0n) is 9.63. The minimum Gasteiger partial charge on any atom is -0.327 e. The van der Waals surface area contributed by atoms with Gasteiger partial charge in [-0.15, -0.1) is 0 Å². The molecule has 1 heterocycles. The summed E-state index contributed by atoms with van der Waals surface area (Å²) in [5.41, 5.74) is 2.28. The van der Waals surface area contributed by atoms with E-state index in [1.54, 1.807) is 0 Å². The molecule has 0 amide bonds. The standard InChI is InChI=1S/C12H16BrN3/c1-3-6-16-11-5-4-9(13)7-10(11)15-12(16)8-14-2/h4-5,7,14H,3,6,8H2,1-2H3. The van der Waals surface area contributed by atoms with E-state index in [1.807, 2.05) is 7.05 Å². The van der Waals surface area contributed by atoms with Crippen LogP contribution in [0.2, 0.25) is 0 Å². The molecule has 0 atom stereocenters. The van der Waals surface area contributed by atoms with Gasteiger partial charge in [0.2, 0.25) is 0 Å². The van der Waals surface area contributed by atoms with Gasteiger partial charge in [0.1, 0.15) is 5.82 Å². The first-order valence-electron chi connectivity index (χ1n) is 5.55. The second-order valence-corrected chi connectivity index (χ2v) is 4.76. The van der Waals surface area contributed by atoms with Gasteiger partial charge in [-0.1, -0.05) is 22.9 Å². The Hall–Kier alpha value is -0.870. The molecule has 16 heavy (non-hydrogen) atoms. The average molecular weight is 282 g/mol. The lowest BCUT2D eigenvalue weighted by Gasteiger charge is -2.06. The van der Waals surface area contributed by atoms with Gasteiger partial charge in [0.15, 0.2) is 0 Å². The van der Waals surface area contributed by atoms with Gasteiger partial charge >= 0.3 is 0 Å². The molecule has 1 N–H and O–H groups in total. The molecule has 0 aliphatic carbocycles. The molecule has 86 valence electrons. The number of benzene rings is 1. The number of imidazole rings is 1. The molecule has 3 nitrogen and oxygen atoms in total. The number of nitrogens with zero attached hydrogens (tertiary/aromatic N) is 2. The highest BCUT2D eigenvalue weighted by Crippen LogP contribution is 2.21. The summed E-state index contributed by atoms with van der Waals surface area (Å²) in [5.74, 6) is 1.11. The Morgan fingerprint density at radius 3 is 2.94 bits per heavy atom. The first kappa shape index (κ1) is 11.6. The highest BCUT2D eigenvalue weighted by molar-refractivity contribution is 9.10. The van der Waals surface area contributed by atoms with Crippen molar-refractivity contribution in [1.82, 2.24) is 14.9 Å². The molecule has 0 radical (unpaired) electrons. The van der Waals surface area contributed by atoms with Crippen LogP contribution in [0.5, 0.6) is 0 Å². The fraction of sp³-hybridized carbons (Fsp3) is 0.417. The van der Waals surface area contributed by atoms with Gasteiger partial charge in [-0.2, -0.15) is 0 Å². The van der Waals surface area contributed by atoms with Crippen LogP contribution in [0.1, 0.15) is 19.2 Å². The van der Waals surface area contributed by atoms with E-state index in [-0.39, 0.29) is 0 Å². The topological polar surface area (TPSA) is 29.9 Å². The molecule has 0 unspecified atom stereocenters. The SMILES string of the molecule is CCCn1c(CNC)nc2cc(Br)ccc21. The Bertz CT molecular complexity index is 490. The number of hydrogen-bond acceptors (Lipinski definition) is 2. The molecule has 0 saturated carbocycles. The maximum absolute atomic E-state index is 4.65. The number of aromatic nitrogens is 2. The Morgan fingerprint density at radius 1 is 1.44 bits per heavy atom. The van der Waals surface area contributed by atoms with Crippen LogP contribution in [-0.4, -0.2) is 16.6 Å². The Morgan fingerprint density at radius 2 is 2.25 bits per heavy atom. The summed E-state index contributed by atoms with van der Waals surface area (Å²) >= 11 is 3.48. The molecule has 0 fully saturated rings. The lowest BCUT2D eigenvalue weighted by atomic mass is 10.3. The van der Waals surface area contributed by atoms with Crippen LogP contribution in [0.4, 0.5) is 0 Å². The quantitative estimate of drug-likeness (QED) is 0.934. The molecule has 2 rings (SSSR count). The molecule has 0 aliphatic heterocycles. The van der Waals surface area contributed by atoms with Crippen LogP contribution >= 0.6 is 15.9 Å². The van der Waals surface area contributed by atoms with Crippen molar-refractivity contribution in [3.63, 3.8) is 0 Å². The lowest BCUT2D eigenvalue weighted by Crippen LogP contribution is -2.12. The van der Waals surface area contributed by atoms with Gasteiger partial charge in [-0.05, 0) is 31.7 Å². The fourth-order valence-electron chi connectivity index (χ4n) is 1.92. The van der Waals surface area contributed by atoms with Crippen molar-refractivity contribution in [2.75, 3.05) is 7.05 Å². The second kappa shape index (κ2) is 4.97. The van der Waals surface area contributed by atoms with E-state index < -0.39 is 0 Å². The van der Waals surface area contributed by atoms with E-state index in [9.17, 15) is 0 Å². The molecule has 1 aromatic carbocycles. The molecule has 0 saturated heterocycles. The average Bonchev–Trinajstić information content (AvgIpc) is 2.57. The first-order chi connectivity index (χ1) is 7.76. The summed E-state index contributed by atoms with van der Waals surface area (Å²) in [6.07, 6.45) is 1.12. The number of fused-ring (bicyclic) bond motifs is 1. The summed E-state index contributed by atoms with van der Waals surface area (Å²) in [5, 5.41) is 3.16. The first-order valence-corrected chi connectivity index (χ1v) is 6.34. The molecule has 4 heteroatoms. The summed E-state index contributed by atoms with van der Waals surface area (Å²) < 4.78 is 3.37. The van der Waals surface area contributed by atoms with Crippen LogP contribution in [0.25, 0.3) is 11.0 Å². The van der Waals surface area contributed by atoms with Crippen molar-refractivity contribution in [2.24, 2.45) is 0 Å². The van der Waals surface area contributed by atoms with Gasteiger partial charge in [-0.3, -0.25) is 0 Å². The molecule has 2 aromatic rings. The van der Waals surface area contributed by atoms with E-state index in [0.29, 0.717) is 0 Å². The van der Waals surface area contributed by atoms with Crippen molar-refractivity contribution in [2.45, 2.75) is 26.4 Å². The third-order valence-corrected chi connectivity index (χ3v) is 3.06. The van der Waals surface area contributed by atoms with Crippen molar-refractivity contribution in [3.8, 4) is 0 Å². The minimum absolute atomic E-state index is 0.812. The predicted molar refractivity (Wildman–Crippen MR) is 70.5 cm³/mol. The minimum atomic E-state index is 0.812. The number of rotatable bonds is 4. The van der Waals surface area contributed by atoms with E-state index in [4.69, 9.17) is 0 Å². The Balaban J connectivity index is 2.56.